The van der Waals surface area contributed by atoms with E-state index in [0.717, 1.165) is 12.8 Å². The van der Waals surface area contributed by atoms with Gasteiger partial charge in [0.2, 0.25) is 0 Å². The van der Waals surface area contributed by atoms with Gasteiger partial charge in [0.05, 0.1) is 6.07 Å². The number of ether oxygens (including phenoxy) is 1. The topological polar surface area (TPSA) is 79.4 Å². The lowest BCUT2D eigenvalue weighted by molar-refractivity contribution is 0.0696. The van der Waals surface area contributed by atoms with E-state index in [0.29, 0.717) is 31.2 Å². The number of aromatic nitrogens is 1. The van der Waals surface area contributed by atoms with Crippen molar-refractivity contribution in [3.05, 3.63) is 17.5 Å². The Morgan fingerprint density at radius 3 is 3.00 bits per heavy atom. The maximum absolute atomic E-state index is 12.1. The molecule has 18 heavy (non-hydrogen) atoms. The molecule has 1 aromatic rings. The van der Waals surface area contributed by atoms with Crippen molar-refractivity contribution >= 4 is 5.91 Å². The molecule has 0 unspecified atom stereocenters. The van der Waals surface area contributed by atoms with Gasteiger partial charge in [0.25, 0.3) is 5.91 Å². The van der Waals surface area contributed by atoms with Crippen LogP contribution in [0, 0.1) is 17.2 Å². The Morgan fingerprint density at radius 1 is 1.67 bits per heavy atom. The maximum atomic E-state index is 12.1. The molecule has 0 aromatic carbocycles. The molecule has 0 N–H and O–H groups in total. The van der Waals surface area contributed by atoms with Crippen molar-refractivity contribution in [1.29, 1.82) is 5.26 Å². The molecule has 0 spiro atoms. The van der Waals surface area contributed by atoms with Gasteiger partial charge < -0.3 is 14.2 Å². The smallest absolute Gasteiger partial charge is 0.276 e. The molecule has 0 saturated carbocycles. The van der Waals surface area contributed by atoms with Crippen molar-refractivity contribution in [3.8, 4) is 6.07 Å². The third-order valence-electron chi connectivity index (χ3n) is 3.03. The van der Waals surface area contributed by atoms with Crippen LogP contribution in [0.1, 0.15) is 29.1 Å². The Labute approximate surface area is 105 Å². The first kappa shape index (κ1) is 12.6. The van der Waals surface area contributed by atoms with Crippen LogP contribution in [-0.4, -0.2) is 36.2 Å². The van der Waals surface area contributed by atoms with Gasteiger partial charge in [0.1, 0.15) is 6.61 Å². The molecule has 6 nitrogen and oxygen atoms in total. The summed E-state index contributed by atoms with van der Waals surface area (Å²) in [7, 11) is 1.55. The number of hydrogen-bond donors (Lipinski definition) is 0. The summed E-state index contributed by atoms with van der Waals surface area (Å²) in [6, 6.07) is 3.83. The van der Waals surface area contributed by atoms with E-state index in [4.69, 9.17) is 14.5 Å². The lowest BCUT2D eigenvalue weighted by atomic mass is 9.98. The molecule has 2 heterocycles. The number of nitrogens with zero attached hydrogens (tertiary/aromatic N) is 3. The van der Waals surface area contributed by atoms with Gasteiger partial charge >= 0.3 is 0 Å². The van der Waals surface area contributed by atoms with Gasteiger partial charge in [-0.05, 0) is 12.8 Å². The molecule has 1 aliphatic rings. The van der Waals surface area contributed by atoms with Gasteiger partial charge in [0.15, 0.2) is 11.5 Å². The van der Waals surface area contributed by atoms with Crippen LogP contribution in [0.3, 0.4) is 0 Å². The molecule has 2 rings (SSSR count). The fraction of sp³-hybridized carbons (Fsp3) is 0.583. The molecule has 0 atom stereocenters. The fourth-order valence-corrected chi connectivity index (χ4v) is 2.00. The summed E-state index contributed by atoms with van der Waals surface area (Å²) in [4.78, 5) is 13.8. The number of hydrogen-bond acceptors (Lipinski definition) is 5. The summed E-state index contributed by atoms with van der Waals surface area (Å²) >= 11 is 0. The van der Waals surface area contributed by atoms with Crippen LogP contribution in [0.5, 0.6) is 0 Å². The van der Waals surface area contributed by atoms with E-state index in [9.17, 15) is 4.79 Å². The van der Waals surface area contributed by atoms with Gasteiger partial charge in [-0.2, -0.15) is 5.26 Å². The second kappa shape index (κ2) is 5.65. The van der Waals surface area contributed by atoms with Gasteiger partial charge in [-0.3, -0.25) is 4.79 Å². The van der Waals surface area contributed by atoms with Gasteiger partial charge in [-0.15, -0.1) is 0 Å². The van der Waals surface area contributed by atoms with E-state index in [2.05, 4.69) is 11.2 Å². The second-order valence-electron chi connectivity index (χ2n) is 4.31. The van der Waals surface area contributed by atoms with Gasteiger partial charge in [-0.25, -0.2) is 0 Å². The summed E-state index contributed by atoms with van der Waals surface area (Å²) in [5.41, 5.74) is 0.303. The van der Waals surface area contributed by atoms with Crippen LogP contribution in [0.2, 0.25) is 0 Å². The minimum Gasteiger partial charge on any atom is -0.377 e. The Balaban J connectivity index is 1.97. The number of piperidine rings is 1. The number of carbonyl (C=O) groups is 1. The molecule has 96 valence electrons. The summed E-state index contributed by atoms with van der Waals surface area (Å²) in [6.45, 7) is 1.50. The third kappa shape index (κ3) is 2.68. The SMILES string of the molecule is COCc1cc(C(=O)N2CCC(C#N)CC2)no1. The van der Waals surface area contributed by atoms with E-state index >= 15 is 0 Å². The zero-order chi connectivity index (χ0) is 13.0. The Bertz CT molecular complexity index is 455. The van der Waals surface area contributed by atoms with Crippen molar-refractivity contribution in [2.75, 3.05) is 20.2 Å². The number of amides is 1. The largest absolute Gasteiger partial charge is 0.377 e. The van der Waals surface area contributed by atoms with Crippen molar-refractivity contribution in [2.24, 2.45) is 5.92 Å². The average molecular weight is 249 g/mol. The predicted molar refractivity (Wildman–Crippen MR) is 61.5 cm³/mol. The monoisotopic (exact) mass is 249 g/mol. The molecule has 1 amide bonds. The molecule has 0 aliphatic carbocycles. The number of methoxy groups -OCH3 is 1. The predicted octanol–water partition coefficient (Wildman–Crippen LogP) is 1.20. The van der Waals surface area contributed by atoms with E-state index in [-0.39, 0.29) is 11.8 Å². The first-order chi connectivity index (χ1) is 8.74. The summed E-state index contributed by atoms with van der Waals surface area (Å²) in [5, 5.41) is 12.5. The number of carbonyl (C=O) groups excluding carboxylic acids is 1. The molecule has 1 saturated heterocycles. The van der Waals surface area contributed by atoms with E-state index in [1.54, 1.807) is 18.1 Å². The second-order valence-corrected chi connectivity index (χ2v) is 4.31. The standard InChI is InChI=1S/C12H15N3O3/c1-17-8-10-6-11(14-18-10)12(16)15-4-2-9(7-13)3-5-15/h6,9H,2-5,8H2,1H3. The molecule has 6 heteroatoms. The zero-order valence-corrected chi connectivity index (χ0v) is 10.3. The number of rotatable bonds is 3. The van der Waals surface area contributed by atoms with Gasteiger partial charge in [0, 0.05) is 32.2 Å². The minimum atomic E-state index is -0.141. The molecular formula is C12H15N3O3. The molecule has 0 radical (unpaired) electrons. The van der Waals surface area contributed by atoms with Crippen LogP contribution >= 0.6 is 0 Å². The molecule has 0 bridgehead atoms. The Kier molecular flexibility index (Phi) is 3.95. The Morgan fingerprint density at radius 2 is 2.39 bits per heavy atom. The highest BCUT2D eigenvalue weighted by atomic mass is 16.5. The maximum Gasteiger partial charge on any atom is 0.276 e. The molecule has 1 fully saturated rings. The van der Waals surface area contributed by atoms with Gasteiger partial charge in [-0.1, -0.05) is 5.16 Å². The van der Waals surface area contributed by atoms with Crippen LogP contribution in [0.15, 0.2) is 10.6 Å². The minimum absolute atomic E-state index is 0.0652. The molecule has 1 aliphatic heterocycles. The first-order valence-electron chi connectivity index (χ1n) is 5.88. The quantitative estimate of drug-likeness (QED) is 0.804. The molecule has 1 aromatic heterocycles. The highest BCUT2D eigenvalue weighted by Crippen LogP contribution is 2.18. The number of likely N-dealkylation sites (tertiary alicyclic amines) is 1. The highest BCUT2D eigenvalue weighted by Gasteiger charge is 2.25. The average Bonchev–Trinajstić information content (AvgIpc) is 2.87. The lowest BCUT2D eigenvalue weighted by Crippen LogP contribution is -2.38. The Hall–Kier alpha value is -1.87. The van der Waals surface area contributed by atoms with Crippen molar-refractivity contribution < 1.29 is 14.1 Å². The molecular weight excluding hydrogens is 234 g/mol. The van der Waals surface area contributed by atoms with Crippen LogP contribution in [0.25, 0.3) is 0 Å². The van der Waals surface area contributed by atoms with Crippen LogP contribution < -0.4 is 0 Å². The van der Waals surface area contributed by atoms with Crippen molar-refractivity contribution in [3.63, 3.8) is 0 Å². The summed E-state index contributed by atoms with van der Waals surface area (Å²) < 4.78 is 9.88. The zero-order valence-electron chi connectivity index (χ0n) is 10.3. The van der Waals surface area contributed by atoms with E-state index < -0.39 is 0 Å². The first-order valence-corrected chi connectivity index (χ1v) is 5.88. The van der Waals surface area contributed by atoms with E-state index in [1.807, 2.05) is 0 Å². The van der Waals surface area contributed by atoms with Crippen LogP contribution in [-0.2, 0) is 11.3 Å². The summed E-state index contributed by atoms with van der Waals surface area (Å²) in [6.07, 6.45) is 1.45. The normalized spacial score (nSPS) is 16.6. The third-order valence-corrected chi connectivity index (χ3v) is 3.03. The highest BCUT2D eigenvalue weighted by molar-refractivity contribution is 5.92. The van der Waals surface area contributed by atoms with Crippen molar-refractivity contribution in [1.82, 2.24) is 10.1 Å². The van der Waals surface area contributed by atoms with Crippen LogP contribution in [0.4, 0.5) is 0 Å². The van der Waals surface area contributed by atoms with E-state index in [1.165, 1.54) is 0 Å². The summed E-state index contributed by atoms with van der Waals surface area (Å²) in [5.74, 6) is 0.459. The van der Waals surface area contributed by atoms with Crippen molar-refractivity contribution in [2.45, 2.75) is 19.4 Å². The lowest BCUT2D eigenvalue weighted by Gasteiger charge is -2.28. The fourth-order valence-electron chi connectivity index (χ4n) is 2.00. The number of nitriles is 1.